The Morgan fingerprint density at radius 2 is 1.70 bits per heavy atom. The van der Waals surface area contributed by atoms with Gasteiger partial charge >= 0.3 is 0 Å². The first-order valence-electron chi connectivity index (χ1n) is 12.1. The highest BCUT2D eigenvalue weighted by atomic mass is 32.2. The van der Waals surface area contributed by atoms with Crippen molar-refractivity contribution in [2.24, 2.45) is 0 Å². The van der Waals surface area contributed by atoms with Crippen LogP contribution in [0.25, 0.3) is 11.1 Å². The standard InChI is InChI=1S/C30H27N3O2S2/c1-2-3-17-27(34)32-23-15-10-16-24(18-23)37-28(22-13-8-5-9-14-22)29(35)33-30-25(19-31)26(20-36-30)21-11-6-4-7-12-21/h4-16,18,20,28H,2-3,17H2,1H3,(H,32,34)(H,33,35). The number of thiophene rings is 1. The lowest BCUT2D eigenvalue weighted by Crippen LogP contribution is -2.19. The maximum absolute atomic E-state index is 13.6. The van der Waals surface area contributed by atoms with Crippen LogP contribution in [-0.2, 0) is 9.59 Å². The predicted octanol–water partition coefficient (Wildman–Crippen LogP) is 7.89. The highest BCUT2D eigenvalue weighted by Gasteiger charge is 2.25. The molecule has 37 heavy (non-hydrogen) atoms. The van der Waals surface area contributed by atoms with Gasteiger partial charge in [0, 0.05) is 27.9 Å². The smallest absolute Gasteiger partial charge is 0.243 e. The average molecular weight is 526 g/mol. The number of hydrogen-bond acceptors (Lipinski definition) is 5. The molecule has 4 aromatic rings. The van der Waals surface area contributed by atoms with Crippen molar-refractivity contribution in [2.75, 3.05) is 10.6 Å². The molecule has 1 unspecified atom stereocenters. The van der Waals surface area contributed by atoms with E-state index in [2.05, 4.69) is 23.6 Å². The first-order valence-corrected chi connectivity index (χ1v) is 13.8. The van der Waals surface area contributed by atoms with Gasteiger partial charge in [-0.15, -0.1) is 23.1 Å². The molecule has 0 bridgehead atoms. The van der Waals surface area contributed by atoms with Crippen molar-refractivity contribution in [1.29, 1.82) is 5.26 Å². The third-order valence-electron chi connectivity index (χ3n) is 5.69. The van der Waals surface area contributed by atoms with Crippen molar-refractivity contribution >= 4 is 45.6 Å². The Hall–Kier alpha value is -3.86. The highest BCUT2D eigenvalue weighted by Crippen LogP contribution is 2.40. The van der Waals surface area contributed by atoms with Gasteiger partial charge in [0.15, 0.2) is 0 Å². The highest BCUT2D eigenvalue weighted by molar-refractivity contribution is 8.00. The summed E-state index contributed by atoms with van der Waals surface area (Å²) in [5.41, 5.74) is 3.75. The minimum atomic E-state index is -0.555. The third kappa shape index (κ3) is 6.88. The second-order valence-electron chi connectivity index (χ2n) is 8.41. The zero-order valence-electron chi connectivity index (χ0n) is 20.4. The fraction of sp³-hybridized carbons (Fsp3) is 0.167. The van der Waals surface area contributed by atoms with Crippen molar-refractivity contribution in [2.45, 2.75) is 36.3 Å². The average Bonchev–Trinajstić information content (AvgIpc) is 3.34. The molecule has 0 aliphatic heterocycles. The van der Waals surface area contributed by atoms with Crippen LogP contribution >= 0.6 is 23.1 Å². The first-order chi connectivity index (χ1) is 18.1. The van der Waals surface area contributed by atoms with Gasteiger partial charge in [0.05, 0.1) is 5.56 Å². The fourth-order valence-corrected chi connectivity index (χ4v) is 5.82. The number of nitrogens with one attached hydrogen (secondary N) is 2. The number of amides is 2. The van der Waals surface area contributed by atoms with Crippen LogP contribution in [0.1, 0.15) is 42.6 Å². The molecule has 1 heterocycles. The maximum Gasteiger partial charge on any atom is 0.243 e. The number of nitrogens with zero attached hydrogens (tertiary/aromatic N) is 1. The van der Waals surface area contributed by atoms with Crippen molar-refractivity contribution in [3.05, 3.63) is 101 Å². The summed E-state index contributed by atoms with van der Waals surface area (Å²) in [5, 5.41) is 17.7. The van der Waals surface area contributed by atoms with E-state index in [4.69, 9.17) is 0 Å². The van der Waals surface area contributed by atoms with Crippen LogP contribution in [0, 0.1) is 11.3 Å². The molecular formula is C30H27N3O2S2. The van der Waals surface area contributed by atoms with Crippen molar-refractivity contribution in [3.63, 3.8) is 0 Å². The first kappa shape index (κ1) is 26.2. The Balaban J connectivity index is 1.57. The van der Waals surface area contributed by atoms with E-state index in [9.17, 15) is 14.9 Å². The van der Waals surface area contributed by atoms with Crippen LogP contribution < -0.4 is 10.6 Å². The molecule has 0 aliphatic carbocycles. The van der Waals surface area contributed by atoms with E-state index in [0.717, 1.165) is 34.4 Å². The van der Waals surface area contributed by atoms with Crippen molar-refractivity contribution in [1.82, 2.24) is 0 Å². The number of rotatable bonds is 10. The van der Waals surface area contributed by atoms with Gasteiger partial charge in [-0.25, -0.2) is 0 Å². The number of benzene rings is 3. The fourth-order valence-electron chi connectivity index (χ4n) is 3.81. The summed E-state index contributed by atoms with van der Waals surface area (Å²) in [7, 11) is 0. The minimum absolute atomic E-state index is 0.0164. The molecule has 1 atom stereocenters. The summed E-state index contributed by atoms with van der Waals surface area (Å²) in [5.74, 6) is -0.233. The molecule has 4 rings (SSSR count). The van der Waals surface area contributed by atoms with Gasteiger partial charge in [0.2, 0.25) is 11.8 Å². The summed E-state index contributed by atoms with van der Waals surface area (Å²) >= 11 is 2.75. The van der Waals surface area contributed by atoms with Crippen molar-refractivity contribution in [3.8, 4) is 17.2 Å². The van der Waals surface area contributed by atoms with E-state index < -0.39 is 5.25 Å². The molecule has 0 radical (unpaired) electrons. The zero-order valence-corrected chi connectivity index (χ0v) is 22.1. The second kappa shape index (κ2) is 12.9. The molecule has 5 nitrogen and oxygen atoms in total. The second-order valence-corrected chi connectivity index (χ2v) is 10.5. The minimum Gasteiger partial charge on any atom is -0.326 e. The monoisotopic (exact) mass is 525 g/mol. The Bertz CT molecular complexity index is 1400. The Labute approximate surface area is 225 Å². The van der Waals surface area contributed by atoms with E-state index >= 15 is 0 Å². The van der Waals surface area contributed by atoms with Crippen LogP contribution in [0.5, 0.6) is 0 Å². The lowest BCUT2D eigenvalue weighted by molar-refractivity contribution is -0.116. The van der Waals surface area contributed by atoms with Gasteiger partial charge in [-0.05, 0) is 35.7 Å². The molecule has 2 N–H and O–H groups in total. The van der Waals surface area contributed by atoms with Crippen LogP contribution in [-0.4, -0.2) is 11.8 Å². The largest absolute Gasteiger partial charge is 0.326 e. The van der Waals surface area contributed by atoms with Crippen molar-refractivity contribution < 1.29 is 9.59 Å². The van der Waals surface area contributed by atoms with Gasteiger partial charge in [0.1, 0.15) is 16.3 Å². The quantitative estimate of drug-likeness (QED) is 0.206. The number of carbonyl (C=O) groups is 2. The molecule has 0 spiro atoms. The molecule has 186 valence electrons. The summed E-state index contributed by atoms with van der Waals surface area (Å²) in [6, 6.07) is 29.0. The summed E-state index contributed by atoms with van der Waals surface area (Å²) < 4.78 is 0. The lowest BCUT2D eigenvalue weighted by atomic mass is 10.1. The molecular weight excluding hydrogens is 498 g/mol. The van der Waals surface area contributed by atoms with Gasteiger partial charge in [-0.1, -0.05) is 80.1 Å². The van der Waals surface area contributed by atoms with Crippen LogP contribution in [0.3, 0.4) is 0 Å². The molecule has 0 saturated carbocycles. The molecule has 3 aromatic carbocycles. The van der Waals surface area contributed by atoms with E-state index in [1.54, 1.807) is 0 Å². The van der Waals surface area contributed by atoms with Crippen LogP contribution in [0.15, 0.2) is 95.2 Å². The lowest BCUT2D eigenvalue weighted by Gasteiger charge is -2.17. The van der Waals surface area contributed by atoms with E-state index in [-0.39, 0.29) is 11.8 Å². The van der Waals surface area contributed by atoms with Gasteiger partial charge in [-0.2, -0.15) is 5.26 Å². The molecule has 1 aromatic heterocycles. The van der Waals surface area contributed by atoms with Crippen LogP contribution in [0.4, 0.5) is 10.7 Å². The van der Waals surface area contributed by atoms with Gasteiger partial charge in [0.25, 0.3) is 0 Å². The zero-order chi connectivity index (χ0) is 26.0. The Kier molecular flexibility index (Phi) is 9.14. The predicted molar refractivity (Wildman–Crippen MR) is 153 cm³/mol. The number of nitriles is 1. The van der Waals surface area contributed by atoms with Gasteiger partial charge in [-0.3, -0.25) is 9.59 Å². The molecule has 0 aliphatic rings. The topological polar surface area (TPSA) is 82.0 Å². The maximum atomic E-state index is 13.6. The van der Waals surface area contributed by atoms with Crippen LogP contribution in [0.2, 0.25) is 0 Å². The Morgan fingerprint density at radius 3 is 2.41 bits per heavy atom. The number of unbranched alkanes of at least 4 members (excludes halogenated alkanes) is 1. The number of anilines is 2. The third-order valence-corrected chi connectivity index (χ3v) is 7.84. The summed E-state index contributed by atoms with van der Waals surface area (Å²) in [4.78, 5) is 26.7. The summed E-state index contributed by atoms with van der Waals surface area (Å²) in [6.45, 7) is 2.05. The number of thioether (sulfide) groups is 1. The van der Waals surface area contributed by atoms with E-state index in [1.807, 2.05) is 90.3 Å². The normalized spacial score (nSPS) is 11.4. The van der Waals surface area contributed by atoms with E-state index in [1.165, 1.54) is 23.1 Å². The SMILES string of the molecule is CCCCC(=O)Nc1cccc(SC(C(=O)Nc2scc(-c3ccccc3)c2C#N)c2ccccc2)c1. The Morgan fingerprint density at radius 1 is 0.973 bits per heavy atom. The molecule has 7 heteroatoms. The molecule has 0 saturated heterocycles. The molecule has 0 fully saturated rings. The van der Waals surface area contributed by atoms with Gasteiger partial charge < -0.3 is 10.6 Å². The number of hydrogen-bond donors (Lipinski definition) is 2. The summed E-state index contributed by atoms with van der Waals surface area (Å²) in [6.07, 6.45) is 2.29. The number of carbonyl (C=O) groups excluding carboxylic acids is 2. The molecule has 2 amide bonds. The van der Waals surface area contributed by atoms with E-state index in [0.29, 0.717) is 22.7 Å².